The van der Waals surface area contributed by atoms with Gasteiger partial charge in [-0.2, -0.15) is 0 Å². The number of hydrogen-bond acceptors (Lipinski definition) is 4. The minimum absolute atomic E-state index is 0.192. The van der Waals surface area contributed by atoms with Crippen LogP contribution in [0, 0.1) is 0 Å². The van der Waals surface area contributed by atoms with Crippen LogP contribution in [0.1, 0.15) is 0 Å². The first-order chi connectivity index (χ1) is 13.5. The van der Waals surface area contributed by atoms with E-state index in [1.54, 1.807) is 60.7 Å². The molecule has 0 aliphatic heterocycles. The molecule has 0 unspecified atom stereocenters. The number of amides is 2. The molecule has 0 spiro atoms. The van der Waals surface area contributed by atoms with Gasteiger partial charge in [0, 0.05) is 11.9 Å². The van der Waals surface area contributed by atoms with E-state index in [9.17, 15) is 13.2 Å². The lowest BCUT2D eigenvalue weighted by Gasteiger charge is -2.09. The van der Waals surface area contributed by atoms with Gasteiger partial charge in [-0.05, 0) is 42.5 Å². The van der Waals surface area contributed by atoms with E-state index in [0.717, 1.165) is 0 Å². The van der Waals surface area contributed by atoms with Crippen molar-refractivity contribution >= 4 is 38.6 Å². The van der Waals surface area contributed by atoms with Crippen molar-refractivity contribution in [1.29, 1.82) is 0 Å². The maximum Gasteiger partial charge on any atom is 0.324 e. The predicted octanol–water partition coefficient (Wildman–Crippen LogP) is 3.92. The first kappa shape index (κ1) is 17.7. The van der Waals surface area contributed by atoms with Crippen molar-refractivity contribution in [3.8, 4) is 0 Å². The van der Waals surface area contributed by atoms with Crippen molar-refractivity contribution in [2.24, 2.45) is 0 Å². The average molecular weight is 392 g/mol. The van der Waals surface area contributed by atoms with Crippen LogP contribution >= 0.6 is 0 Å². The Hall–Kier alpha value is -3.65. The Bertz CT molecular complexity index is 1240. The van der Waals surface area contributed by atoms with E-state index in [4.69, 9.17) is 0 Å². The van der Waals surface area contributed by atoms with Gasteiger partial charge in [-0.1, -0.05) is 36.4 Å². The maximum absolute atomic E-state index is 12.8. The zero-order valence-electron chi connectivity index (χ0n) is 14.6. The van der Waals surface area contributed by atoms with Crippen LogP contribution in [0.2, 0.25) is 0 Å². The first-order valence-corrected chi connectivity index (χ1v) is 9.90. The molecule has 0 aliphatic rings. The third-order valence-corrected chi connectivity index (χ3v) is 5.79. The SMILES string of the molecule is O=C(Nc1ccccc1)Nc1ccc2c(ccn2S(=O)(=O)c2ccccc2)n1. The highest BCUT2D eigenvalue weighted by molar-refractivity contribution is 7.90. The number of hydrogen-bond donors (Lipinski definition) is 2. The van der Waals surface area contributed by atoms with Crippen LogP contribution in [0.15, 0.2) is 90.0 Å². The summed E-state index contributed by atoms with van der Waals surface area (Å²) >= 11 is 0. The summed E-state index contributed by atoms with van der Waals surface area (Å²) in [6.45, 7) is 0. The molecule has 0 saturated carbocycles. The van der Waals surface area contributed by atoms with E-state index in [1.807, 2.05) is 18.2 Å². The van der Waals surface area contributed by atoms with Gasteiger partial charge >= 0.3 is 6.03 Å². The Morgan fingerprint density at radius 2 is 1.50 bits per heavy atom. The number of nitrogens with zero attached hydrogens (tertiary/aromatic N) is 2. The fraction of sp³-hybridized carbons (Fsp3) is 0. The molecule has 2 amide bonds. The van der Waals surface area contributed by atoms with Crippen LogP contribution in [-0.2, 0) is 10.0 Å². The highest BCUT2D eigenvalue weighted by Gasteiger charge is 2.19. The molecule has 8 heteroatoms. The third kappa shape index (κ3) is 3.45. The number of carbonyl (C=O) groups is 1. The van der Waals surface area contributed by atoms with Crippen molar-refractivity contribution in [2.45, 2.75) is 4.90 Å². The van der Waals surface area contributed by atoms with Gasteiger partial charge < -0.3 is 5.32 Å². The number of urea groups is 1. The predicted molar refractivity (Wildman–Crippen MR) is 108 cm³/mol. The van der Waals surface area contributed by atoms with E-state index in [1.165, 1.54) is 10.2 Å². The molecule has 0 saturated heterocycles. The number of pyridine rings is 1. The normalized spacial score (nSPS) is 11.3. The molecule has 4 rings (SSSR count). The zero-order valence-corrected chi connectivity index (χ0v) is 15.4. The molecule has 2 aromatic carbocycles. The fourth-order valence-corrected chi connectivity index (χ4v) is 4.14. The van der Waals surface area contributed by atoms with Gasteiger partial charge in [0.15, 0.2) is 0 Å². The van der Waals surface area contributed by atoms with E-state index in [0.29, 0.717) is 22.5 Å². The summed E-state index contributed by atoms with van der Waals surface area (Å²) < 4.78 is 26.8. The van der Waals surface area contributed by atoms with Crippen LogP contribution in [-0.4, -0.2) is 23.4 Å². The van der Waals surface area contributed by atoms with Crippen LogP contribution < -0.4 is 10.6 Å². The number of anilines is 2. The summed E-state index contributed by atoms with van der Waals surface area (Å²) in [6.07, 6.45) is 1.45. The highest BCUT2D eigenvalue weighted by Crippen LogP contribution is 2.22. The molecule has 0 radical (unpaired) electrons. The number of nitrogens with one attached hydrogen (secondary N) is 2. The molecular weight excluding hydrogens is 376 g/mol. The largest absolute Gasteiger partial charge is 0.324 e. The van der Waals surface area contributed by atoms with Gasteiger partial charge in [-0.15, -0.1) is 0 Å². The van der Waals surface area contributed by atoms with Crippen molar-refractivity contribution < 1.29 is 13.2 Å². The Balaban J connectivity index is 1.59. The molecule has 4 aromatic rings. The molecule has 2 aromatic heterocycles. The zero-order chi connectivity index (χ0) is 19.6. The quantitative estimate of drug-likeness (QED) is 0.550. The van der Waals surface area contributed by atoms with Gasteiger partial charge in [0.05, 0.1) is 15.9 Å². The second-order valence-electron chi connectivity index (χ2n) is 5.98. The van der Waals surface area contributed by atoms with E-state index < -0.39 is 16.1 Å². The van der Waals surface area contributed by atoms with E-state index in [-0.39, 0.29) is 4.90 Å². The Labute approximate surface area is 161 Å². The molecule has 0 fully saturated rings. The smallest absolute Gasteiger partial charge is 0.308 e. The van der Waals surface area contributed by atoms with Crippen molar-refractivity contribution in [1.82, 2.24) is 8.96 Å². The summed E-state index contributed by atoms with van der Waals surface area (Å²) in [5.74, 6) is 0.316. The molecule has 140 valence electrons. The molecule has 2 heterocycles. The summed E-state index contributed by atoms with van der Waals surface area (Å²) in [4.78, 5) is 16.6. The molecular formula is C20H16N4O3S. The summed E-state index contributed by atoms with van der Waals surface area (Å²) in [5, 5.41) is 5.34. The fourth-order valence-electron chi connectivity index (χ4n) is 2.78. The Morgan fingerprint density at radius 3 is 2.21 bits per heavy atom. The molecule has 0 aliphatic carbocycles. The molecule has 28 heavy (non-hydrogen) atoms. The second kappa shape index (κ2) is 7.16. The van der Waals surface area contributed by atoms with E-state index in [2.05, 4.69) is 15.6 Å². The average Bonchev–Trinajstić information content (AvgIpc) is 3.13. The molecule has 0 atom stereocenters. The molecule has 7 nitrogen and oxygen atoms in total. The number of fused-ring (bicyclic) bond motifs is 1. The van der Waals surface area contributed by atoms with Crippen LogP contribution in [0.5, 0.6) is 0 Å². The topological polar surface area (TPSA) is 93.1 Å². The minimum atomic E-state index is -3.72. The minimum Gasteiger partial charge on any atom is -0.308 e. The lowest BCUT2D eigenvalue weighted by Crippen LogP contribution is -2.20. The van der Waals surface area contributed by atoms with Crippen molar-refractivity contribution in [3.63, 3.8) is 0 Å². The second-order valence-corrected chi connectivity index (χ2v) is 7.79. The summed E-state index contributed by atoms with van der Waals surface area (Å²) in [7, 11) is -3.72. The van der Waals surface area contributed by atoms with Crippen molar-refractivity contribution in [2.75, 3.05) is 10.6 Å². The monoisotopic (exact) mass is 392 g/mol. The number of para-hydroxylation sites is 1. The lowest BCUT2D eigenvalue weighted by molar-refractivity contribution is 0.262. The third-order valence-electron chi connectivity index (χ3n) is 4.08. The van der Waals surface area contributed by atoms with E-state index >= 15 is 0 Å². The maximum atomic E-state index is 12.8. The number of benzene rings is 2. The lowest BCUT2D eigenvalue weighted by atomic mass is 10.3. The summed E-state index contributed by atoms with van der Waals surface area (Å²) in [6, 6.07) is 21.5. The summed E-state index contributed by atoms with van der Waals surface area (Å²) in [5.41, 5.74) is 1.54. The van der Waals surface area contributed by atoms with Crippen molar-refractivity contribution in [3.05, 3.63) is 85.1 Å². The van der Waals surface area contributed by atoms with Gasteiger partial charge in [0.2, 0.25) is 0 Å². The standard InChI is InChI=1S/C20H16N4O3S/c25-20(21-15-7-3-1-4-8-15)23-19-12-11-18-17(22-19)13-14-24(18)28(26,27)16-9-5-2-6-10-16/h1-14H,(H2,21,22,23,25). The van der Waals surface area contributed by atoms with Gasteiger partial charge in [0.25, 0.3) is 10.0 Å². The van der Waals surface area contributed by atoms with Gasteiger partial charge in [0.1, 0.15) is 5.82 Å². The van der Waals surface area contributed by atoms with Crippen LogP contribution in [0.25, 0.3) is 11.0 Å². The van der Waals surface area contributed by atoms with Gasteiger partial charge in [-0.3, -0.25) is 5.32 Å². The Morgan fingerprint density at radius 1 is 0.821 bits per heavy atom. The Kier molecular flexibility index (Phi) is 4.54. The van der Waals surface area contributed by atoms with Crippen LogP contribution in [0.3, 0.4) is 0 Å². The highest BCUT2D eigenvalue weighted by atomic mass is 32.2. The van der Waals surface area contributed by atoms with Crippen LogP contribution in [0.4, 0.5) is 16.3 Å². The first-order valence-electron chi connectivity index (χ1n) is 8.46. The molecule has 2 N–H and O–H groups in total. The molecule has 0 bridgehead atoms. The number of aromatic nitrogens is 2. The van der Waals surface area contributed by atoms with Gasteiger partial charge in [-0.25, -0.2) is 22.2 Å². The number of carbonyl (C=O) groups excluding carboxylic acids is 1. The number of rotatable bonds is 4.